The average Bonchev–Trinajstić information content (AvgIpc) is 2.94. The summed E-state index contributed by atoms with van der Waals surface area (Å²) in [5.74, 6) is -2.49. The predicted octanol–water partition coefficient (Wildman–Crippen LogP) is 1.94. The lowest BCUT2D eigenvalue weighted by atomic mass is 9.78. The Bertz CT molecular complexity index is 962. The van der Waals surface area contributed by atoms with Crippen molar-refractivity contribution in [1.29, 1.82) is 0 Å². The fraction of sp³-hybridized carbons (Fsp3) is 0.909. The highest BCUT2D eigenvalue weighted by Gasteiger charge is 2.52. The lowest BCUT2D eigenvalue weighted by Crippen LogP contribution is -2.65. The lowest BCUT2D eigenvalue weighted by Gasteiger charge is -2.50. The third kappa shape index (κ3) is 8.04. The largest absolute Gasteiger partial charge is 0.459 e. The van der Waals surface area contributed by atoms with Crippen molar-refractivity contribution in [3.05, 3.63) is 12.7 Å². The number of morpholine rings is 1. The molecule has 3 heterocycles. The van der Waals surface area contributed by atoms with Crippen LogP contribution in [0.4, 0.5) is 0 Å². The average molecular weight is 629 g/mol. The summed E-state index contributed by atoms with van der Waals surface area (Å²) in [5, 5.41) is 46.8. The van der Waals surface area contributed by atoms with Crippen LogP contribution in [0.25, 0.3) is 0 Å². The standard InChI is InChI=1S/C33H60N2O9/c1-12-23-17-35-16-18(3)15-32(8,39)28(44-31-27(37)24(34(10)11)14-19(4)41-31)20(5)26(36)21(6)30(38)43-25(13-2)33(9,40)29(42-23)22(35)7/h12,18-29,31,36-37,39-40H,1,13-17H2,2-11H3/t18-,19-,20+,21-,22-,23?,24+,25-,26-,27-,28-,29+,31-,32-,33-/m1/s1. The van der Waals surface area contributed by atoms with Crippen LogP contribution in [0.2, 0.25) is 0 Å². The first-order valence-corrected chi connectivity index (χ1v) is 16.4. The van der Waals surface area contributed by atoms with Crippen LogP contribution in [0.3, 0.4) is 0 Å². The second-order valence-electron chi connectivity index (χ2n) is 14.5. The number of carbonyl (C=O) groups is 1. The first-order chi connectivity index (χ1) is 20.3. The van der Waals surface area contributed by atoms with Crippen molar-refractivity contribution in [2.75, 3.05) is 27.2 Å². The molecule has 44 heavy (non-hydrogen) atoms. The van der Waals surface area contributed by atoms with Gasteiger partial charge in [-0.3, -0.25) is 9.69 Å². The molecule has 0 aromatic heterocycles. The molecule has 0 aromatic carbocycles. The van der Waals surface area contributed by atoms with Crippen LogP contribution in [0.15, 0.2) is 12.7 Å². The van der Waals surface area contributed by atoms with Crippen molar-refractivity contribution < 1.29 is 44.2 Å². The molecule has 2 unspecified atom stereocenters. The van der Waals surface area contributed by atoms with Gasteiger partial charge in [-0.2, -0.15) is 0 Å². The molecule has 3 fully saturated rings. The zero-order valence-electron chi connectivity index (χ0n) is 28.6. The van der Waals surface area contributed by atoms with Crippen molar-refractivity contribution in [2.45, 2.75) is 147 Å². The predicted molar refractivity (Wildman–Crippen MR) is 167 cm³/mol. The number of nitrogens with zero attached hydrogens (tertiary/aromatic N) is 2. The first kappa shape index (κ1) is 37.3. The summed E-state index contributed by atoms with van der Waals surface area (Å²) < 4.78 is 24.8. The zero-order valence-corrected chi connectivity index (χ0v) is 28.6. The van der Waals surface area contributed by atoms with Crippen LogP contribution < -0.4 is 0 Å². The Morgan fingerprint density at radius 2 is 1.70 bits per heavy atom. The van der Waals surface area contributed by atoms with Crippen LogP contribution in [0, 0.1) is 17.8 Å². The summed E-state index contributed by atoms with van der Waals surface area (Å²) in [6.07, 6.45) is -3.51. The SMILES string of the molecule is C=CC1CN2C[C@H](C)C[C@@](C)(O)[C@H](O[C@H]3O[C@H](C)C[C@H](N(C)C)[C@H]3O)[C@@H](C)[C@@H](O)[C@@H](C)C(=O)O[C@H](CC)[C@@](C)(O)[C@@H](O1)[C@H]2C. The Kier molecular flexibility index (Phi) is 12.5. The number of ether oxygens (including phenoxy) is 4. The Balaban J connectivity index is 2.04. The Labute approximate surface area is 264 Å². The molecule has 0 aliphatic carbocycles. The van der Waals surface area contributed by atoms with E-state index in [1.807, 2.05) is 46.7 Å². The fourth-order valence-corrected chi connectivity index (χ4v) is 7.67. The first-order valence-electron chi connectivity index (χ1n) is 16.4. The second-order valence-corrected chi connectivity index (χ2v) is 14.5. The maximum Gasteiger partial charge on any atom is 0.311 e. The van der Waals surface area contributed by atoms with Gasteiger partial charge in [0.05, 0.1) is 35.9 Å². The molecule has 2 bridgehead atoms. The van der Waals surface area contributed by atoms with Crippen molar-refractivity contribution in [3.8, 4) is 0 Å². The minimum Gasteiger partial charge on any atom is -0.459 e. The normalized spacial score (nSPS) is 49.9. The smallest absolute Gasteiger partial charge is 0.311 e. The molecule has 3 aliphatic rings. The van der Waals surface area contributed by atoms with Gasteiger partial charge < -0.3 is 44.3 Å². The van der Waals surface area contributed by atoms with E-state index in [9.17, 15) is 25.2 Å². The highest BCUT2D eigenvalue weighted by molar-refractivity contribution is 5.73. The van der Waals surface area contributed by atoms with Gasteiger partial charge in [-0.1, -0.05) is 26.8 Å². The van der Waals surface area contributed by atoms with E-state index in [0.29, 0.717) is 32.4 Å². The van der Waals surface area contributed by atoms with Crippen molar-refractivity contribution in [2.24, 2.45) is 17.8 Å². The summed E-state index contributed by atoms with van der Waals surface area (Å²) in [5.41, 5.74) is -3.01. The van der Waals surface area contributed by atoms with Crippen LogP contribution >= 0.6 is 0 Å². The molecule has 3 rings (SSSR count). The van der Waals surface area contributed by atoms with Crippen molar-refractivity contribution >= 4 is 5.97 Å². The number of cyclic esters (lactones) is 1. The molecule has 16 atom stereocenters. The number of aliphatic hydroxyl groups is 4. The van der Waals surface area contributed by atoms with E-state index in [-0.39, 0.29) is 30.2 Å². The third-order valence-electron chi connectivity index (χ3n) is 10.2. The van der Waals surface area contributed by atoms with E-state index < -0.39 is 65.8 Å². The van der Waals surface area contributed by atoms with E-state index >= 15 is 0 Å². The van der Waals surface area contributed by atoms with Gasteiger partial charge in [-0.05, 0) is 73.9 Å². The van der Waals surface area contributed by atoms with Gasteiger partial charge in [-0.25, -0.2) is 0 Å². The number of likely N-dealkylation sites (N-methyl/N-ethyl adjacent to an activating group) is 1. The molecule has 11 heteroatoms. The van der Waals surface area contributed by atoms with Crippen LogP contribution in [0.1, 0.15) is 74.7 Å². The summed E-state index contributed by atoms with van der Waals surface area (Å²) in [6.45, 7) is 19.5. The van der Waals surface area contributed by atoms with Gasteiger partial charge in [0.2, 0.25) is 0 Å². The highest BCUT2D eigenvalue weighted by atomic mass is 16.7. The Morgan fingerprint density at radius 3 is 2.27 bits per heavy atom. The molecule has 4 N–H and O–H groups in total. The van der Waals surface area contributed by atoms with Crippen LogP contribution in [-0.4, -0.2) is 136 Å². The molecule has 0 radical (unpaired) electrons. The molecule has 3 aliphatic heterocycles. The number of aliphatic hydroxyl groups excluding tert-OH is 2. The van der Waals surface area contributed by atoms with E-state index in [1.165, 1.54) is 0 Å². The summed E-state index contributed by atoms with van der Waals surface area (Å²) in [7, 11) is 3.78. The lowest BCUT2D eigenvalue weighted by molar-refractivity contribution is -0.299. The molecular formula is C33H60N2O9. The van der Waals surface area contributed by atoms with Crippen LogP contribution in [0.5, 0.6) is 0 Å². The number of esters is 1. The van der Waals surface area contributed by atoms with Gasteiger partial charge in [0.1, 0.15) is 23.9 Å². The van der Waals surface area contributed by atoms with Gasteiger partial charge >= 0.3 is 5.97 Å². The van der Waals surface area contributed by atoms with E-state index in [0.717, 1.165) is 0 Å². The number of hydrogen-bond donors (Lipinski definition) is 4. The topological polar surface area (TPSA) is 141 Å². The van der Waals surface area contributed by atoms with E-state index in [1.54, 1.807) is 33.8 Å². The number of carbonyl (C=O) groups excluding carboxylic acids is 1. The van der Waals surface area contributed by atoms with Crippen LogP contribution in [-0.2, 0) is 23.7 Å². The highest BCUT2D eigenvalue weighted by Crippen LogP contribution is 2.38. The third-order valence-corrected chi connectivity index (χ3v) is 10.2. The number of hydrogen-bond acceptors (Lipinski definition) is 11. The molecule has 256 valence electrons. The molecule has 3 saturated heterocycles. The molecule has 0 spiro atoms. The van der Waals surface area contributed by atoms with Crippen molar-refractivity contribution in [3.63, 3.8) is 0 Å². The maximum atomic E-state index is 13.5. The Hall–Kier alpha value is -1.15. The maximum absolute atomic E-state index is 13.5. The molecule has 11 nitrogen and oxygen atoms in total. The van der Waals surface area contributed by atoms with Gasteiger partial charge in [0, 0.05) is 31.1 Å². The molecule has 0 saturated carbocycles. The van der Waals surface area contributed by atoms with Crippen molar-refractivity contribution in [1.82, 2.24) is 9.80 Å². The molecule has 0 aromatic rings. The monoisotopic (exact) mass is 628 g/mol. The van der Waals surface area contributed by atoms with Gasteiger partial charge in [-0.15, -0.1) is 6.58 Å². The Morgan fingerprint density at radius 1 is 1.07 bits per heavy atom. The number of rotatable bonds is 5. The fourth-order valence-electron chi connectivity index (χ4n) is 7.67. The summed E-state index contributed by atoms with van der Waals surface area (Å²) >= 11 is 0. The molecular weight excluding hydrogens is 568 g/mol. The number of fused-ring (bicyclic) bond motifs is 2. The minimum absolute atomic E-state index is 0.0508. The van der Waals surface area contributed by atoms with E-state index in [2.05, 4.69) is 11.5 Å². The van der Waals surface area contributed by atoms with Gasteiger partial charge in [0.25, 0.3) is 0 Å². The molecule has 0 amide bonds. The van der Waals surface area contributed by atoms with Gasteiger partial charge in [0.15, 0.2) is 6.29 Å². The van der Waals surface area contributed by atoms with E-state index in [4.69, 9.17) is 18.9 Å². The summed E-state index contributed by atoms with van der Waals surface area (Å²) in [6, 6.07) is -0.466. The zero-order chi connectivity index (χ0) is 33.3. The quantitative estimate of drug-likeness (QED) is 0.262. The minimum atomic E-state index is -1.53. The second kappa shape index (κ2) is 14.7. The summed E-state index contributed by atoms with van der Waals surface area (Å²) in [4.78, 5) is 17.7.